The number of rotatable bonds is 6. The second-order valence-corrected chi connectivity index (χ2v) is 4.97. The Kier molecular flexibility index (Phi) is 5.25. The number of hydrogen-bond acceptors (Lipinski definition) is 6. The van der Waals surface area contributed by atoms with Crippen molar-refractivity contribution in [3.63, 3.8) is 0 Å². The summed E-state index contributed by atoms with van der Waals surface area (Å²) < 4.78 is 15.4. The molecule has 6 nitrogen and oxygen atoms in total. The number of anilines is 1. The molecule has 22 heavy (non-hydrogen) atoms. The van der Waals surface area contributed by atoms with E-state index in [0.29, 0.717) is 11.5 Å². The molecule has 0 bridgehead atoms. The number of esters is 1. The highest BCUT2D eigenvalue weighted by Gasteiger charge is 2.26. The summed E-state index contributed by atoms with van der Waals surface area (Å²) in [5.74, 6) is -0.724. The predicted molar refractivity (Wildman–Crippen MR) is 82.0 cm³/mol. The molecule has 1 aliphatic rings. The van der Waals surface area contributed by atoms with Gasteiger partial charge < -0.3 is 19.1 Å². The first-order valence-electron chi connectivity index (χ1n) is 7.34. The Morgan fingerprint density at radius 1 is 1.09 bits per heavy atom. The van der Waals surface area contributed by atoms with Crippen LogP contribution >= 0.6 is 0 Å². The van der Waals surface area contributed by atoms with Crippen LogP contribution in [0.5, 0.6) is 11.5 Å². The molecule has 1 aliphatic heterocycles. The summed E-state index contributed by atoms with van der Waals surface area (Å²) in [4.78, 5) is 26.0. The van der Waals surface area contributed by atoms with Gasteiger partial charge in [0.05, 0.1) is 32.1 Å². The predicted octanol–water partition coefficient (Wildman–Crippen LogP) is 2.05. The van der Waals surface area contributed by atoms with Gasteiger partial charge in [0.1, 0.15) is 11.5 Å². The molecular weight excluding hydrogens is 286 g/mol. The van der Waals surface area contributed by atoms with Gasteiger partial charge in [-0.1, -0.05) is 0 Å². The van der Waals surface area contributed by atoms with Crippen molar-refractivity contribution in [1.82, 2.24) is 0 Å². The second-order valence-electron chi connectivity index (χ2n) is 4.97. The fraction of sp³-hybridized carbons (Fsp3) is 0.500. The molecule has 2 rings (SSSR count). The summed E-state index contributed by atoms with van der Waals surface area (Å²) in [6, 6.07) is 3.29. The smallest absolute Gasteiger partial charge is 0.379 e. The first-order valence-corrected chi connectivity index (χ1v) is 7.34. The number of ether oxygens (including phenoxy) is 3. The summed E-state index contributed by atoms with van der Waals surface area (Å²) in [6.07, 6.45) is 2.24. The number of ketones is 1. The lowest BCUT2D eigenvalue weighted by Crippen LogP contribution is -2.21. The molecule has 0 aliphatic carbocycles. The van der Waals surface area contributed by atoms with Crippen LogP contribution in [-0.4, -0.2) is 45.7 Å². The molecule has 1 fully saturated rings. The zero-order valence-electron chi connectivity index (χ0n) is 13.2. The van der Waals surface area contributed by atoms with E-state index < -0.39 is 11.8 Å². The minimum absolute atomic E-state index is 0.149. The molecule has 0 atom stereocenters. The van der Waals surface area contributed by atoms with Crippen molar-refractivity contribution < 1.29 is 23.8 Å². The van der Waals surface area contributed by atoms with Crippen molar-refractivity contribution in [2.45, 2.75) is 19.8 Å². The molecule has 1 aromatic rings. The van der Waals surface area contributed by atoms with Gasteiger partial charge in [-0.15, -0.1) is 0 Å². The molecule has 0 unspecified atom stereocenters. The molecule has 1 heterocycles. The van der Waals surface area contributed by atoms with Crippen LogP contribution in [0.1, 0.15) is 30.1 Å². The van der Waals surface area contributed by atoms with Gasteiger partial charge in [0.2, 0.25) is 0 Å². The van der Waals surface area contributed by atoms with Gasteiger partial charge in [0, 0.05) is 19.2 Å². The summed E-state index contributed by atoms with van der Waals surface area (Å²) in [7, 11) is 3.01. The van der Waals surface area contributed by atoms with E-state index in [2.05, 4.69) is 4.90 Å². The number of nitrogens with zero attached hydrogens (tertiary/aromatic N) is 1. The van der Waals surface area contributed by atoms with Gasteiger partial charge in [0.25, 0.3) is 5.78 Å². The van der Waals surface area contributed by atoms with Gasteiger partial charge in [0.15, 0.2) is 0 Å². The Labute approximate surface area is 129 Å². The van der Waals surface area contributed by atoms with E-state index in [9.17, 15) is 9.59 Å². The first kappa shape index (κ1) is 16.1. The topological polar surface area (TPSA) is 65.1 Å². The van der Waals surface area contributed by atoms with E-state index in [1.165, 1.54) is 7.11 Å². The van der Waals surface area contributed by atoms with Crippen molar-refractivity contribution >= 4 is 17.4 Å². The highest BCUT2D eigenvalue weighted by Crippen LogP contribution is 2.37. The monoisotopic (exact) mass is 307 g/mol. The zero-order chi connectivity index (χ0) is 16.1. The summed E-state index contributed by atoms with van der Waals surface area (Å²) in [5.41, 5.74) is 1.03. The van der Waals surface area contributed by atoms with Crippen LogP contribution in [0, 0.1) is 0 Å². The number of Topliss-reactive ketones (excluding diaryl/α,β-unsaturated/α-hetero) is 1. The maximum Gasteiger partial charge on any atom is 0.379 e. The fourth-order valence-corrected chi connectivity index (χ4v) is 2.57. The minimum atomic E-state index is -0.892. The molecular formula is C16H21NO5. The second kappa shape index (κ2) is 7.15. The SMILES string of the molecule is CCOC(=O)C(=O)c1cc(OC)c(N2CCCC2)cc1OC. The van der Waals surface area contributed by atoms with Gasteiger partial charge in [-0.2, -0.15) is 0 Å². The zero-order valence-corrected chi connectivity index (χ0v) is 13.2. The van der Waals surface area contributed by atoms with Crippen LogP contribution < -0.4 is 14.4 Å². The number of carbonyl (C=O) groups excluding carboxylic acids is 2. The molecule has 0 spiro atoms. The van der Waals surface area contributed by atoms with Crippen LogP contribution in [0.2, 0.25) is 0 Å². The lowest BCUT2D eigenvalue weighted by atomic mass is 10.1. The van der Waals surface area contributed by atoms with Crippen molar-refractivity contribution in [3.05, 3.63) is 17.7 Å². The molecule has 6 heteroatoms. The number of benzene rings is 1. The standard InChI is InChI=1S/C16H21NO5/c1-4-22-16(19)15(18)11-9-14(21-3)12(10-13(11)20-2)17-7-5-6-8-17/h9-10H,4-8H2,1-3H3. The van der Waals surface area contributed by atoms with E-state index in [1.807, 2.05) is 0 Å². The van der Waals surface area contributed by atoms with Crippen LogP contribution in [-0.2, 0) is 9.53 Å². The van der Waals surface area contributed by atoms with E-state index in [4.69, 9.17) is 14.2 Å². The Balaban J connectivity index is 2.42. The highest BCUT2D eigenvalue weighted by atomic mass is 16.5. The van der Waals surface area contributed by atoms with Gasteiger partial charge in [-0.25, -0.2) is 4.79 Å². The first-order chi connectivity index (χ1) is 10.6. The molecule has 0 amide bonds. The molecule has 1 saturated heterocycles. The van der Waals surface area contributed by atoms with Crippen LogP contribution in [0.3, 0.4) is 0 Å². The van der Waals surface area contributed by atoms with E-state index in [1.54, 1.807) is 26.2 Å². The Bertz CT molecular complexity index is 564. The van der Waals surface area contributed by atoms with Gasteiger partial charge in [-0.05, 0) is 25.8 Å². The number of hydrogen-bond donors (Lipinski definition) is 0. The van der Waals surface area contributed by atoms with Crippen molar-refractivity contribution in [2.75, 3.05) is 38.8 Å². The van der Waals surface area contributed by atoms with Crippen molar-refractivity contribution in [3.8, 4) is 11.5 Å². The third-order valence-corrected chi connectivity index (χ3v) is 3.65. The van der Waals surface area contributed by atoms with Crippen LogP contribution in [0.15, 0.2) is 12.1 Å². The van der Waals surface area contributed by atoms with Crippen molar-refractivity contribution in [1.29, 1.82) is 0 Å². The maximum absolute atomic E-state index is 12.2. The van der Waals surface area contributed by atoms with Crippen molar-refractivity contribution in [2.24, 2.45) is 0 Å². The Morgan fingerprint density at radius 3 is 2.27 bits per heavy atom. The Hall–Kier alpha value is -2.24. The molecule has 0 N–H and O–H groups in total. The van der Waals surface area contributed by atoms with Gasteiger partial charge >= 0.3 is 5.97 Å². The number of methoxy groups -OCH3 is 2. The summed E-state index contributed by atoms with van der Waals surface area (Å²) >= 11 is 0. The molecule has 0 saturated carbocycles. The lowest BCUT2D eigenvalue weighted by molar-refractivity contribution is -0.137. The molecule has 120 valence electrons. The fourth-order valence-electron chi connectivity index (χ4n) is 2.57. The van der Waals surface area contributed by atoms with Crippen LogP contribution in [0.25, 0.3) is 0 Å². The Morgan fingerprint density at radius 2 is 1.73 bits per heavy atom. The van der Waals surface area contributed by atoms with Gasteiger partial charge in [-0.3, -0.25) is 4.79 Å². The normalized spacial score (nSPS) is 13.9. The van der Waals surface area contributed by atoms with E-state index >= 15 is 0 Å². The van der Waals surface area contributed by atoms with E-state index in [-0.39, 0.29) is 12.2 Å². The third-order valence-electron chi connectivity index (χ3n) is 3.65. The van der Waals surface area contributed by atoms with Crippen LogP contribution in [0.4, 0.5) is 5.69 Å². The lowest BCUT2D eigenvalue weighted by Gasteiger charge is -2.22. The third kappa shape index (κ3) is 3.16. The van der Waals surface area contributed by atoms with E-state index in [0.717, 1.165) is 31.6 Å². The number of carbonyl (C=O) groups is 2. The maximum atomic E-state index is 12.2. The molecule has 0 radical (unpaired) electrons. The quantitative estimate of drug-likeness (QED) is 0.455. The average Bonchev–Trinajstić information content (AvgIpc) is 3.07. The average molecular weight is 307 g/mol. The minimum Gasteiger partial charge on any atom is -0.496 e. The molecule has 1 aromatic carbocycles. The molecule has 0 aromatic heterocycles. The largest absolute Gasteiger partial charge is 0.496 e. The summed E-state index contributed by atoms with van der Waals surface area (Å²) in [5, 5.41) is 0. The highest BCUT2D eigenvalue weighted by molar-refractivity contribution is 6.41. The summed E-state index contributed by atoms with van der Waals surface area (Å²) in [6.45, 7) is 3.67.